The second-order valence-electron chi connectivity index (χ2n) is 5.23. The minimum Gasteiger partial charge on any atom is -0.296 e. The summed E-state index contributed by atoms with van der Waals surface area (Å²) in [4.78, 5) is 21.2. The SMILES string of the molecule is CC1(C)CC(=O)NC1=O.Cc1ccc(S(=O)(=O)O)cc1. The van der Waals surface area contributed by atoms with E-state index in [-0.39, 0.29) is 16.7 Å². The molecule has 7 heteroatoms. The van der Waals surface area contributed by atoms with Gasteiger partial charge in [-0.25, -0.2) is 0 Å². The molecule has 1 aliphatic rings. The summed E-state index contributed by atoms with van der Waals surface area (Å²) in [6.45, 7) is 5.36. The molecule has 110 valence electrons. The predicted molar refractivity (Wildman–Crippen MR) is 72.5 cm³/mol. The molecule has 0 atom stereocenters. The summed E-state index contributed by atoms with van der Waals surface area (Å²) in [5.74, 6) is -0.322. The average Bonchev–Trinajstić information content (AvgIpc) is 2.50. The van der Waals surface area contributed by atoms with Crippen LogP contribution in [0.3, 0.4) is 0 Å². The van der Waals surface area contributed by atoms with Crippen molar-refractivity contribution in [2.24, 2.45) is 5.41 Å². The number of aryl methyl sites for hydroxylation is 1. The van der Waals surface area contributed by atoms with Crippen molar-refractivity contribution >= 4 is 21.9 Å². The molecule has 0 radical (unpaired) electrons. The van der Waals surface area contributed by atoms with E-state index in [4.69, 9.17) is 4.55 Å². The van der Waals surface area contributed by atoms with Crippen molar-refractivity contribution in [2.45, 2.75) is 32.1 Å². The normalized spacial score (nSPS) is 17.2. The lowest BCUT2D eigenvalue weighted by Crippen LogP contribution is -2.26. The lowest BCUT2D eigenvalue weighted by Gasteiger charge is -2.08. The fraction of sp³-hybridized carbons (Fsp3) is 0.385. The highest BCUT2D eigenvalue weighted by molar-refractivity contribution is 7.85. The molecule has 20 heavy (non-hydrogen) atoms. The largest absolute Gasteiger partial charge is 0.296 e. The highest BCUT2D eigenvalue weighted by Crippen LogP contribution is 2.24. The van der Waals surface area contributed by atoms with Crippen LogP contribution < -0.4 is 5.32 Å². The third-order valence-corrected chi connectivity index (χ3v) is 3.66. The Kier molecular flexibility index (Phi) is 4.67. The zero-order valence-corrected chi connectivity index (χ0v) is 12.3. The fourth-order valence-electron chi connectivity index (χ4n) is 1.53. The molecular weight excluding hydrogens is 282 g/mol. The van der Waals surface area contributed by atoms with Gasteiger partial charge in [-0.15, -0.1) is 0 Å². The monoisotopic (exact) mass is 299 g/mol. The summed E-state index contributed by atoms with van der Waals surface area (Å²) in [6, 6.07) is 5.99. The van der Waals surface area contributed by atoms with Crippen LogP contribution in [0.1, 0.15) is 25.8 Å². The summed E-state index contributed by atoms with van der Waals surface area (Å²) >= 11 is 0. The van der Waals surface area contributed by atoms with E-state index < -0.39 is 15.5 Å². The van der Waals surface area contributed by atoms with E-state index in [1.165, 1.54) is 12.1 Å². The van der Waals surface area contributed by atoms with Crippen LogP contribution in [0.25, 0.3) is 0 Å². The molecule has 0 bridgehead atoms. The average molecular weight is 299 g/mol. The number of nitrogens with one attached hydrogen (secondary N) is 1. The highest BCUT2D eigenvalue weighted by atomic mass is 32.2. The number of carbonyl (C=O) groups is 2. The van der Waals surface area contributed by atoms with Crippen LogP contribution in [0.2, 0.25) is 0 Å². The molecule has 0 spiro atoms. The van der Waals surface area contributed by atoms with Gasteiger partial charge >= 0.3 is 0 Å². The van der Waals surface area contributed by atoms with Crippen molar-refractivity contribution in [1.82, 2.24) is 5.32 Å². The summed E-state index contributed by atoms with van der Waals surface area (Å²) in [5, 5.41) is 2.23. The smallest absolute Gasteiger partial charge is 0.294 e. The molecule has 0 unspecified atom stereocenters. The Morgan fingerprint density at radius 3 is 1.90 bits per heavy atom. The van der Waals surface area contributed by atoms with Gasteiger partial charge in [-0.3, -0.25) is 19.5 Å². The van der Waals surface area contributed by atoms with E-state index >= 15 is 0 Å². The third kappa shape index (κ3) is 4.43. The van der Waals surface area contributed by atoms with E-state index in [1.54, 1.807) is 26.0 Å². The van der Waals surface area contributed by atoms with Gasteiger partial charge in [0.05, 0.1) is 10.3 Å². The van der Waals surface area contributed by atoms with Crippen LogP contribution in [0.5, 0.6) is 0 Å². The Morgan fingerprint density at radius 2 is 1.65 bits per heavy atom. The van der Waals surface area contributed by atoms with Crippen LogP contribution in [-0.2, 0) is 19.7 Å². The molecule has 0 aromatic heterocycles. The first-order valence-corrected chi connectivity index (χ1v) is 7.35. The molecule has 2 rings (SSSR count). The van der Waals surface area contributed by atoms with E-state index in [9.17, 15) is 18.0 Å². The molecule has 1 aromatic rings. The zero-order chi connectivity index (χ0) is 15.6. The summed E-state index contributed by atoms with van der Waals surface area (Å²) in [7, 11) is -4.02. The van der Waals surface area contributed by atoms with E-state index in [2.05, 4.69) is 5.32 Å². The molecule has 1 aliphatic heterocycles. The lowest BCUT2D eigenvalue weighted by atomic mass is 9.92. The molecule has 1 saturated heterocycles. The number of rotatable bonds is 1. The van der Waals surface area contributed by atoms with Crippen molar-refractivity contribution < 1.29 is 22.6 Å². The van der Waals surface area contributed by atoms with Crippen LogP contribution in [-0.4, -0.2) is 24.8 Å². The number of imide groups is 1. The van der Waals surface area contributed by atoms with E-state index in [1.807, 2.05) is 6.92 Å². The number of carbonyl (C=O) groups excluding carboxylic acids is 2. The molecule has 1 aromatic carbocycles. The van der Waals surface area contributed by atoms with Gasteiger partial charge < -0.3 is 0 Å². The molecule has 6 nitrogen and oxygen atoms in total. The first-order valence-electron chi connectivity index (χ1n) is 5.91. The van der Waals surface area contributed by atoms with Gasteiger partial charge in [0.25, 0.3) is 10.1 Å². The number of hydrogen-bond acceptors (Lipinski definition) is 4. The molecular formula is C13H17NO5S. The Labute approximate surface area is 117 Å². The van der Waals surface area contributed by atoms with Crippen molar-refractivity contribution in [3.05, 3.63) is 29.8 Å². The Hall–Kier alpha value is -1.73. The predicted octanol–water partition coefficient (Wildman–Crippen LogP) is 1.30. The Balaban J connectivity index is 0.000000204. The van der Waals surface area contributed by atoms with Crippen LogP contribution in [0.4, 0.5) is 0 Å². The summed E-state index contributed by atoms with van der Waals surface area (Å²) in [6.07, 6.45) is 0.325. The van der Waals surface area contributed by atoms with Gasteiger partial charge in [0.15, 0.2) is 0 Å². The van der Waals surface area contributed by atoms with Gasteiger partial charge in [-0.05, 0) is 19.1 Å². The zero-order valence-electron chi connectivity index (χ0n) is 11.5. The first kappa shape index (κ1) is 16.3. The van der Waals surface area contributed by atoms with Gasteiger partial charge in [-0.2, -0.15) is 8.42 Å². The van der Waals surface area contributed by atoms with E-state index in [0.717, 1.165) is 5.56 Å². The standard InChI is InChI=1S/C7H8O3S.C6H9NO2/c1-6-2-4-7(5-3-6)11(8,9)10;1-6(2)3-4(8)7-5(6)9/h2-5H,1H3,(H,8,9,10);3H2,1-2H3,(H,7,8,9). The Bertz CT molecular complexity index is 617. The number of amides is 2. The van der Waals surface area contributed by atoms with Gasteiger partial charge in [0.1, 0.15) is 0 Å². The van der Waals surface area contributed by atoms with Crippen molar-refractivity contribution in [3.63, 3.8) is 0 Å². The van der Waals surface area contributed by atoms with Gasteiger partial charge in [0, 0.05) is 6.42 Å². The van der Waals surface area contributed by atoms with Crippen molar-refractivity contribution in [1.29, 1.82) is 0 Å². The molecule has 2 amide bonds. The lowest BCUT2D eigenvalue weighted by molar-refractivity contribution is -0.127. The topological polar surface area (TPSA) is 101 Å². The van der Waals surface area contributed by atoms with Crippen LogP contribution in [0, 0.1) is 12.3 Å². The van der Waals surface area contributed by atoms with Gasteiger partial charge in [0.2, 0.25) is 11.8 Å². The molecule has 1 heterocycles. The second-order valence-corrected chi connectivity index (χ2v) is 6.65. The maximum absolute atomic E-state index is 10.8. The van der Waals surface area contributed by atoms with E-state index in [0.29, 0.717) is 6.42 Å². The van der Waals surface area contributed by atoms with Crippen molar-refractivity contribution in [2.75, 3.05) is 0 Å². The Morgan fingerprint density at radius 1 is 1.15 bits per heavy atom. The van der Waals surface area contributed by atoms with Crippen molar-refractivity contribution in [3.8, 4) is 0 Å². The molecule has 0 aliphatic carbocycles. The summed E-state index contributed by atoms with van der Waals surface area (Å²) < 4.78 is 29.6. The molecule has 0 saturated carbocycles. The molecule has 2 N–H and O–H groups in total. The third-order valence-electron chi connectivity index (χ3n) is 2.79. The maximum Gasteiger partial charge on any atom is 0.294 e. The fourth-order valence-corrected chi connectivity index (χ4v) is 2.01. The maximum atomic E-state index is 10.8. The van der Waals surface area contributed by atoms with Gasteiger partial charge in [-0.1, -0.05) is 31.5 Å². The number of benzene rings is 1. The summed E-state index contributed by atoms with van der Waals surface area (Å²) in [5.41, 5.74) is 0.481. The first-order chi connectivity index (χ1) is 9.02. The highest BCUT2D eigenvalue weighted by Gasteiger charge is 2.37. The minimum absolute atomic E-state index is 0.0666. The van der Waals surface area contributed by atoms with Crippen LogP contribution in [0.15, 0.2) is 29.2 Å². The number of hydrogen-bond donors (Lipinski definition) is 2. The van der Waals surface area contributed by atoms with Crippen LogP contribution >= 0.6 is 0 Å². The second kappa shape index (κ2) is 5.72. The quantitative estimate of drug-likeness (QED) is 0.601. The minimum atomic E-state index is -4.02. The molecule has 1 fully saturated rings.